The van der Waals surface area contributed by atoms with Crippen LogP contribution in [0.2, 0.25) is 0 Å². The number of rotatable bonds is 5. The molecular weight excluding hydrogens is 262 g/mol. The fourth-order valence-electron chi connectivity index (χ4n) is 1.78. The highest BCUT2D eigenvalue weighted by molar-refractivity contribution is 5.67. The molecule has 0 radical (unpaired) electrons. The summed E-state index contributed by atoms with van der Waals surface area (Å²) >= 11 is 0. The summed E-state index contributed by atoms with van der Waals surface area (Å²) in [5.74, 6) is 0. The molecule has 1 saturated heterocycles. The Hall–Kier alpha value is -1.63. The van der Waals surface area contributed by atoms with Gasteiger partial charge in [-0.05, 0) is 5.56 Å². The van der Waals surface area contributed by atoms with Gasteiger partial charge >= 0.3 is 6.09 Å². The third-order valence-electron chi connectivity index (χ3n) is 2.93. The summed E-state index contributed by atoms with van der Waals surface area (Å²) in [6.45, 7) is 1.19. The summed E-state index contributed by atoms with van der Waals surface area (Å²) in [6, 6.07) is 9.47. The van der Waals surface area contributed by atoms with Crippen molar-refractivity contribution < 1.29 is 24.1 Å². The standard InChI is InChI=1S/C14H19NO5/c16-7-13-10-18-12(9-19-13)6-15-14(17)20-8-11-4-2-1-3-5-11/h1-5,12-13,16H,6-10H2,(H,15,17)/t12-,13+/m0/s1. The number of aliphatic hydroxyl groups is 1. The molecule has 1 aliphatic rings. The van der Waals surface area contributed by atoms with E-state index in [1.54, 1.807) is 0 Å². The summed E-state index contributed by atoms with van der Waals surface area (Å²) in [4.78, 5) is 11.5. The van der Waals surface area contributed by atoms with Gasteiger partial charge in [-0.25, -0.2) is 4.79 Å². The van der Waals surface area contributed by atoms with Crippen LogP contribution in [0.25, 0.3) is 0 Å². The van der Waals surface area contributed by atoms with E-state index in [4.69, 9.17) is 19.3 Å². The molecule has 0 aliphatic carbocycles. The van der Waals surface area contributed by atoms with Crippen LogP contribution in [0, 0.1) is 0 Å². The van der Waals surface area contributed by atoms with Gasteiger partial charge in [0, 0.05) is 6.54 Å². The van der Waals surface area contributed by atoms with Crippen molar-refractivity contribution in [3.8, 4) is 0 Å². The number of carbonyl (C=O) groups is 1. The molecule has 1 aliphatic heterocycles. The van der Waals surface area contributed by atoms with Gasteiger partial charge in [0.1, 0.15) is 12.7 Å². The van der Waals surface area contributed by atoms with Crippen LogP contribution in [0.5, 0.6) is 0 Å². The molecule has 6 nitrogen and oxygen atoms in total. The maximum atomic E-state index is 11.5. The minimum atomic E-state index is -0.485. The van der Waals surface area contributed by atoms with Crippen LogP contribution in [-0.4, -0.2) is 49.8 Å². The number of alkyl carbamates (subject to hydrolysis) is 1. The van der Waals surface area contributed by atoms with Crippen molar-refractivity contribution in [2.24, 2.45) is 0 Å². The van der Waals surface area contributed by atoms with Crippen LogP contribution in [0.1, 0.15) is 5.56 Å². The molecular formula is C14H19NO5. The normalized spacial score (nSPS) is 22.2. The molecule has 1 amide bonds. The van der Waals surface area contributed by atoms with Gasteiger partial charge in [0.15, 0.2) is 0 Å². The quantitative estimate of drug-likeness (QED) is 0.830. The number of benzene rings is 1. The van der Waals surface area contributed by atoms with E-state index in [0.29, 0.717) is 19.8 Å². The van der Waals surface area contributed by atoms with Gasteiger partial charge < -0.3 is 24.6 Å². The summed E-state index contributed by atoms with van der Waals surface area (Å²) in [6.07, 6.45) is -0.958. The fourth-order valence-corrected chi connectivity index (χ4v) is 1.78. The molecule has 0 saturated carbocycles. The first kappa shape index (κ1) is 14.8. The second-order valence-electron chi connectivity index (χ2n) is 4.54. The molecule has 0 spiro atoms. The molecule has 2 N–H and O–H groups in total. The Labute approximate surface area is 117 Å². The van der Waals surface area contributed by atoms with Gasteiger partial charge in [-0.15, -0.1) is 0 Å². The lowest BCUT2D eigenvalue weighted by Crippen LogP contribution is -2.44. The molecule has 110 valence electrons. The van der Waals surface area contributed by atoms with Gasteiger partial charge in [-0.3, -0.25) is 0 Å². The second kappa shape index (κ2) is 7.84. The average Bonchev–Trinajstić information content (AvgIpc) is 2.52. The largest absolute Gasteiger partial charge is 0.445 e. The maximum Gasteiger partial charge on any atom is 0.407 e. The highest BCUT2D eigenvalue weighted by atomic mass is 16.6. The number of hydrogen-bond donors (Lipinski definition) is 2. The lowest BCUT2D eigenvalue weighted by molar-refractivity contribution is -0.142. The minimum Gasteiger partial charge on any atom is -0.445 e. The molecule has 1 aromatic carbocycles. The topological polar surface area (TPSA) is 77.0 Å². The van der Waals surface area contributed by atoms with E-state index in [1.165, 1.54) is 0 Å². The molecule has 6 heteroatoms. The van der Waals surface area contributed by atoms with Crippen LogP contribution < -0.4 is 5.32 Å². The summed E-state index contributed by atoms with van der Waals surface area (Å²) in [5.41, 5.74) is 0.936. The van der Waals surface area contributed by atoms with Crippen molar-refractivity contribution in [3.05, 3.63) is 35.9 Å². The average molecular weight is 281 g/mol. The van der Waals surface area contributed by atoms with Gasteiger partial charge in [0.25, 0.3) is 0 Å². The summed E-state index contributed by atoms with van der Waals surface area (Å²) < 4.78 is 15.8. The predicted octanol–water partition coefficient (Wildman–Crippen LogP) is 0.689. The van der Waals surface area contributed by atoms with Gasteiger partial charge in [0.2, 0.25) is 0 Å². The third-order valence-corrected chi connectivity index (χ3v) is 2.93. The molecule has 1 fully saturated rings. The number of ether oxygens (including phenoxy) is 3. The number of carbonyl (C=O) groups excluding carboxylic acids is 1. The fraction of sp³-hybridized carbons (Fsp3) is 0.500. The maximum absolute atomic E-state index is 11.5. The third kappa shape index (κ3) is 4.80. The molecule has 0 unspecified atom stereocenters. The van der Waals surface area contributed by atoms with Crippen LogP contribution in [-0.2, 0) is 20.8 Å². The molecule has 0 bridgehead atoms. The van der Waals surface area contributed by atoms with Gasteiger partial charge in [-0.1, -0.05) is 30.3 Å². The Kier molecular flexibility index (Phi) is 5.79. The highest BCUT2D eigenvalue weighted by Crippen LogP contribution is 2.06. The highest BCUT2D eigenvalue weighted by Gasteiger charge is 2.22. The molecule has 2 atom stereocenters. The Balaban J connectivity index is 1.61. The second-order valence-corrected chi connectivity index (χ2v) is 4.54. The molecule has 20 heavy (non-hydrogen) atoms. The van der Waals surface area contributed by atoms with Crippen molar-refractivity contribution in [1.29, 1.82) is 0 Å². The van der Waals surface area contributed by atoms with E-state index in [2.05, 4.69) is 5.32 Å². The van der Waals surface area contributed by atoms with E-state index in [1.807, 2.05) is 30.3 Å². The van der Waals surface area contributed by atoms with Crippen LogP contribution in [0.15, 0.2) is 30.3 Å². The van der Waals surface area contributed by atoms with Crippen molar-refractivity contribution >= 4 is 6.09 Å². The van der Waals surface area contributed by atoms with E-state index in [0.717, 1.165) is 5.56 Å². The zero-order valence-electron chi connectivity index (χ0n) is 11.2. The van der Waals surface area contributed by atoms with E-state index >= 15 is 0 Å². The van der Waals surface area contributed by atoms with Crippen LogP contribution in [0.3, 0.4) is 0 Å². The van der Waals surface area contributed by atoms with E-state index in [9.17, 15) is 4.79 Å². The lowest BCUT2D eigenvalue weighted by atomic mass is 10.2. The molecule has 1 heterocycles. The lowest BCUT2D eigenvalue weighted by Gasteiger charge is -2.28. The number of amides is 1. The predicted molar refractivity (Wildman–Crippen MR) is 71.2 cm³/mol. The molecule has 1 aromatic rings. The monoisotopic (exact) mass is 281 g/mol. The van der Waals surface area contributed by atoms with Crippen molar-refractivity contribution in [3.63, 3.8) is 0 Å². The molecule has 2 rings (SSSR count). The summed E-state index contributed by atoms with van der Waals surface area (Å²) in [5, 5.41) is 11.5. The number of hydrogen-bond acceptors (Lipinski definition) is 5. The van der Waals surface area contributed by atoms with Gasteiger partial charge in [-0.2, -0.15) is 0 Å². The van der Waals surface area contributed by atoms with E-state index in [-0.39, 0.29) is 25.4 Å². The first-order valence-electron chi connectivity index (χ1n) is 6.56. The number of aliphatic hydroxyl groups excluding tert-OH is 1. The van der Waals surface area contributed by atoms with Crippen molar-refractivity contribution in [1.82, 2.24) is 5.32 Å². The van der Waals surface area contributed by atoms with Gasteiger partial charge in [0.05, 0.1) is 25.9 Å². The first-order valence-corrected chi connectivity index (χ1v) is 6.56. The zero-order chi connectivity index (χ0) is 14.2. The first-order chi connectivity index (χ1) is 9.78. The summed E-state index contributed by atoms with van der Waals surface area (Å²) in [7, 11) is 0. The SMILES string of the molecule is O=C(NC[C@H]1CO[C@H](CO)CO1)OCc1ccccc1. The Morgan fingerprint density at radius 3 is 2.60 bits per heavy atom. The number of nitrogens with one attached hydrogen (secondary N) is 1. The molecule has 0 aromatic heterocycles. The van der Waals surface area contributed by atoms with E-state index < -0.39 is 6.09 Å². The van der Waals surface area contributed by atoms with Crippen molar-refractivity contribution in [2.75, 3.05) is 26.4 Å². The van der Waals surface area contributed by atoms with Crippen molar-refractivity contribution in [2.45, 2.75) is 18.8 Å². The Bertz CT molecular complexity index is 403. The van der Waals surface area contributed by atoms with Crippen LogP contribution >= 0.6 is 0 Å². The zero-order valence-corrected chi connectivity index (χ0v) is 11.2. The Morgan fingerprint density at radius 2 is 1.95 bits per heavy atom. The Morgan fingerprint density at radius 1 is 1.25 bits per heavy atom. The smallest absolute Gasteiger partial charge is 0.407 e. The minimum absolute atomic E-state index is 0.0563. The van der Waals surface area contributed by atoms with Crippen LogP contribution in [0.4, 0.5) is 4.79 Å².